The van der Waals surface area contributed by atoms with Crippen molar-refractivity contribution in [1.29, 1.82) is 0 Å². The summed E-state index contributed by atoms with van der Waals surface area (Å²) in [4.78, 5) is 42.7. The van der Waals surface area contributed by atoms with Crippen LogP contribution in [0.3, 0.4) is 0 Å². The average molecular weight is 926 g/mol. The van der Waals surface area contributed by atoms with Gasteiger partial charge in [0, 0.05) is 26.1 Å². The molecule has 3 heterocycles. The normalized spacial score (nSPS) is 33.2. The van der Waals surface area contributed by atoms with Crippen molar-refractivity contribution in [2.75, 3.05) is 65.8 Å². The lowest BCUT2D eigenvalue weighted by Gasteiger charge is -2.46. The van der Waals surface area contributed by atoms with Crippen LogP contribution in [0.1, 0.15) is 31.2 Å². The molecule has 0 radical (unpaired) electrons. The molecule has 3 aliphatic rings. The number of hydroxylamine groups is 1. The predicted molar refractivity (Wildman–Crippen MR) is 211 cm³/mol. The van der Waals surface area contributed by atoms with Crippen molar-refractivity contribution in [3.05, 3.63) is 35.9 Å². The van der Waals surface area contributed by atoms with Crippen LogP contribution in [0.25, 0.3) is 0 Å². The highest BCUT2D eigenvalue weighted by atomic mass is 16.8. The first-order valence-electron chi connectivity index (χ1n) is 20.9. The van der Waals surface area contributed by atoms with E-state index < -0.39 is 130 Å². The van der Waals surface area contributed by atoms with Crippen molar-refractivity contribution in [3.8, 4) is 0 Å². The number of ether oxygens (including phenoxy) is 7. The van der Waals surface area contributed by atoms with Gasteiger partial charge in [-0.15, -0.1) is 0 Å². The van der Waals surface area contributed by atoms with Crippen molar-refractivity contribution >= 4 is 17.8 Å². The third-order valence-electron chi connectivity index (χ3n) is 10.5. The molecule has 15 atom stereocenters. The number of hydrogen-bond donors (Lipinski definition) is 13. The first-order valence-corrected chi connectivity index (χ1v) is 20.9. The van der Waals surface area contributed by atoms with Crippen LogP contribution in [-0.2, 0) is 59.0 Å². The minimum atomic E-state index is -1.92. The van der Waals surface area contributed by atoms with Gasteiger partial charge in [-0.3, -0.25) is 19.3 Å². The van der Waals surface area contributed by atoms with E-state index in [0.29, 0.717) is 25.8 Å². The number of rotatable bonds is 27. The molecule has 1 aromatic carbocycles. The quantitative estimate of drug-likeness (QED) is 0.0222. The maximum absolute atomic E-state index is 12.5. The van der Waals surface area contributed by atoms with Gasteiger partial charge in [0.25, 0.3) is 0 Å². The monoisotopic (exact) mass is 925 g/mol. The van der Waals surface area contributed by atoms with Crippen molar-refractivity contribution < 1.29 is 109 Å². The summed E-state index contributed by atoms with van der Waals surface area (Å²) < 4.78 is 38.6. The molecule has 366 valence electrons. The zero-order chi connectivity index (χ0) is 46.8. The minimum Gasteiger partial charge on any atom is -0.480 e. The highest BCUT2D eigenvalue weighted by Crippen LogP contribution is 2.31. The third-order valence-corrected chi connectivity index (χ3v) is 10.5. The zero-order valence-electron chi connectivity index (χ0n) is 35.0. The second-order valence-electron chi connectivity index (χ2n) is 15.4. The van der Waals surface area contributed by atoms with Crippen LogP contribution in [0, 0.1) is 0 Å². The highest BCUT2D eigenvalue weighted by molar-refractivity contribution is 5.79. The molecule has 3 aliphatic heterocycles. The molecule has 0 saturated carbocycles. The van der Waals surface area contributed by atoms with Crippen LogP contribution in [-0.4, -0.2) is 237 Å². The van der Waals surface area contributed by atoms with Gasteiger partial charge in [0.1, 0.15) is 79.9 Å². The van der Waals surface area contributed by atoms with E-state index in [1.807, 2.05) is 30.3 Å². The predicted octanol–water partition coefficient (Wildman–Crippen LogP) is -6.22. The van der Waals surface area contributed by atoms with E-state index in [2.05, 4.69) is 10.8 Å². The second kappa shape index (κ2) is 27.5. The van der Waals surface area contributed by atoms with Crippen LogP contribution in [0.15, 0.2) is 30.3 Å². The van der Waals surface area contributed by atoms with Gasteiger partial charge < -0.3 is 99.5 Å². The summed E-state index contributed by atoms with van der Waals surface area (Å²) in [5, 5.41) is 115. The van der Waals surface area contributed by atoms with E-state index in [1.54, 1.807) is 0 Å². The lowest BCUT2D eigenvalue weighted by molar-refractivity contribution is -0.366. The Bertz CT molecular complexity index is 1520. The van der Waals surface area contributed by atoms with E-state index >= 15 is 0 Å². The molecule has 4 rings (SSSR count). The van der Waals surface area contributed by atoms with E-state index in [9.17, 15) is 70.6 Å². The Kier molecular flexibility index (Phi) is 23.0. The van der Waals surface area contributed by atoms with Crippen molar-refractivity contribution in [2.24, 2.45) is 0 Å². The summed E-state index contributed by atoms with van der Waals surface area (Å²) in [5.74, 6) is -1.90. The summed E-state index contributed by atoms with van der Waals surface area (Å²) in [6.45, 7) is -2.74. The number of aliphatic hydroxyl groups is 10. The Morgan fingerprint density at radius 2 is 1.28 bits per heavy atom. The first kappa shape index (κ1) is 53.5. The number of carbonyl (C=O) groups excluding carboxylic acids is 2. The van der Waals surface area contributed by atoms with Crippen LogP contribution < -0.4 is 10.8 Å². The molecular weight excluding hydrogens is 862 g/mol. The number of amides is 1. The fourth-order valence-electron chi connectivity index (χ4n) is 6.88. The molecular formula is C39H63N3O22. The molecule has 0 spiro atoms. The molecule has 64 heavy (non-hydrogen) atoms. The summed E-state index contributed by atoms with van der Waals surface area (Å²) in [6.07, 6.45) is -23.4. The molecule has 13 N–H and O–H groups in total. The molecule has 25 heteroatoms. The Hall–Kier alpha value is -3.13. The van der Waals surface area contributed by atoms with Gasteiger partial charge >= 0.3 is 11.9 Å². The van der Waals surface area contributed by atoms with Gasteiger partial charge in [-0.1, -0.05) is 36.8 Å². The molecule has 25 nitrogen and oxygen atoms in total. The Balaban J connectivity index is 1.21. The highest BCUT2D eigenvalue weighted by Gasteiger charge is 2.52. The number of aliphatic hydroxyl groups excluding tert-OH is 10. The number of hydrogen-bond acceptors (Lipinski definition) is 23. The lowest BCUT2D eigenvalue weighted by atomic mass is 9.96. The Labute approximate surface area is 367 Å². The molecule has 3 saturated heterocycles. The molecule has 1 amide bonds. The summed E-state index contributed by atoms with van der Waals surface area (Å²) in [7, 11) is 0. The number of nitrogens with zero attached hydrogens (tertiary/aromatic N) is 1. The third kappa shape index (κ3) is 16.3. The van der Waals surface area contributed by atoms with Crippen LogP contribution in [0.5, 0.6) is 0 Å². The topological polar surface area (TPSA) is 375 Å². The van der Waals surface area contributed by atoms with Gasteiger partial charge in [-0.05, 0) is 18.4 Å². The molecule has 0 unspecified atom stereocenters. The Morgan fingerprint density at radius 1 is 0.656 bits per heavy atom. The van der Waals surface area contributed by atoms with Crippen molar-refractivity contribution in [2.45, 2.75) is 124 Å². The van der Waals surface area contributed by atoms with Gasteiger partial charge in [0.05, 0.1) is 46.1 Å². The summed E-state index contributed by atoms with van der Waals surface area (Å²) in [5.41, 5.74) is 3.47. The smallest absolute Gasteiger partial charge is 0.317 e. The van der Waals surface area contributed by atoms with Gasteiger partial charge in [-0.2, -0.15) is 0 Å². The standard InChI is InChI=1S/C39H63N3O22/c43-17-22-28(49)31(52)33(54)37(61-22)59-20-24-30(51)36(64-39-34(55)32(53)29(50)23(18-44)62-39)35(56)38(63-24)57-13-11-41-60-14-12-42(16-26(46)47)15-25(45)40-10-6-2-5-9-27(48)58-19-21-7-3-1-4-8-21/h1,3-4,7-8,22-24,28-39,41,43-44,49-56H,2,5-6,9-20H2,(H,40,45)(H,46,47)/t22-,23-,24-,28-,29-,30-,31+,32+,33+,34+,35+,36+,37+,38+,39-/m1/s1. The van der Waals surface area contributed by atoms with Crippen LogP contribution >= 0.6 is 0 Å². The van der Waals surface area contributed by atoms with Crippen molar-refractivity contribution in [3.63, 3.8) is 0 Å². The number of carboxylic acid groups (broad SMARTS) is 1. The fourth-order valence-corrected chi connectivity index (χ4v) is 6.88. The Morgan fingerprint density at radius 3 is 1.94 bits per heavy atom. The molecule has 1 aromatic rings. The number of carbonyl (C=O) groups is 3. The fraction of sp³-hybridized carbons (Fsp3) is 0.769. The molecule has 0 bridgehead atoms. The SMILES string of the molecule is O=C(O)CN(CCONCCO[C@H]1O[C@H](CO[C@H]2O[C@H](CO)[C@@H](O)[C@H](O)[C@@H]2O)[C@@H](O)[C@H](O[C@H]2O[C@H](CO)[C@@H](O)[C@H](O)[C@@H]2O)[C@@H]1O)CC(=O)NCCCCCC(=O)OCc1ccccc1. The maximum atomic E-state index is 12.5. The zero-order valence-corrected chi connectivity index (χ0v) is 35.0. The first-order chi connectivity index (χ1) is 30.6. The number of aliphatic carboxylic acids is 1. The van der Waals surface area contributed by atoms with E-state index in [4.69, 9.17) is 38.0 Å². The number of unbranched alkanes of at least 4 members (excludes halogenated alkanes) is 2. The van der Waals surface area contributed by atoms with Gasteiger partial charge in [0.15, 0.2) is 18.9 Å². The number of nitrogens with one attached hydrogen (secondary N) is 2. The number of benzene rings is 1. The average Bonchev–Trinajstić information content (AvgIpc) is 3.27. The lowest BCUT2D eigenvalue weighted by Crippen LogP contribution is -2.65. The minimum absolute atomic E-state index is 0.0219. The molecule has 3 fully saturated rings. The van der Waals surface area contributed by atoms with E-state index in [0.717, 1.165) is 5.56 Å². The second-order valence-corrected chi connectivity index (χ2v) is 15.4. The van der Waals surface area contributed by atoms with Crippen molar-refractivity contribution in [1.82, 2.24) is 15.7 Å². The largest absolute Gasteiger partial charge is 0.480 e. The van der Waals surface area contributed by atoms with Gasteiger partial charge in [0.2, 0.25) is 5.91 Å². The van der Waals surface area contributed by atoms with E-state index in [-0.39, 0.29) is 51.8 Å². The molecule has 0 aromatic heterocycles. The number of carboxylic acids is 1. The maximum Gasteiger partial charge on any atom is 0.317 e. The number of esters is 1. The van der Waals surface area contributed by atoms with Crippen LogP contribution in [0.4, 0.5) is 0 Å². The van der Waals surface area contributed by atoms with Crippen LogP contribution in [0.2, 0.25) is 0 Å². The van der Waals surface area contributed by atoms with E-state index in [1.165, 1.54) is 4.90 Å². The molecule has 0 aliphatic carbocycles. The summed E-state index contributed by atoms with van der Waals surface area (Å²) >= 11 is 0. The van der Waals surface area contributed by atoms with Gasteiger partial charge in [-0.25, -0.2) is 5.48 Å². The summed E-state index contributed by atoms with van der Waals surface area (Å²) in [6, 6.07) is 9.30.